The van der Waals surface area contributed by atoms with Gasteiger partial charge in [0.2, 0.25) is 0 Å². The van der Waals surface area contributed by atoms with Crippen molar-refractivity contribution in [3.63, 3.8) is 0 Å². The van der Waals surface area contributed by atoms with Crippen molar-refractivity contribution in [2.75, 3.05) is 11.2 Å². The molecule has 0 amide bonds. The number of hydrogen-bond acceptors (Lipinski definition) is 5. The largest absolute Gasteiger partial charge is 0.394 e. The maximum Gasteiger partial charge on any atom is 0.273 e. The Morgan fingerprint density at radius 3 is 2.65 bits per heavy atom. The molecule has 106 valence electrons. The number of benzene rings is 1. The van der Waals surface area contributed by atoms with E-state index in [0.29, 0.717) is 16.7 Å². The molecule has 6 nitrogen and oxygen atoms in total. The summed E-state index contributed by atoms with van der Waals surface area (Å²) in [5, 5.41) is 9.46. The van der Waals surface area contributed by atoms with Crippen LogP contribution in [0.3, 0.4) is 0 Å². The zero-order valence-corrected chi connectivity index (χ0v) is 10.9. The van der Waals surface area contributed by atoms with E-state index in [1.54, 1.807) is 7.05 Å². The number of nitrogens with zero attached hydrogens (tertiary/aromatic N) is 1. The van der Waals surface area contributed by atoms with Crippen LogP contribution in [0.15, 0.2) is 29.2 Å². The molecule has 0 aliphatic carbocycles. The highest BCUT2D eigenvalue weighted by molar-refractivity contribution is 5.75. The van der Waals surface area contributed by atoms with Gasteiger partial charge < -0.3 is 20.8 Å². The van der Waals surface area contributed by atoms with Gasteiger partial charge >= 0.3 is 0 Å². The van der Waals surface area contributed by atoms with Crippen LogP contribution >= 0.6 is 0 Å². The molecule has 2 aromatic rings. The van der Waals surface area contributed by atoms with E-state index in [4.69, 9.17) is 11.6 Å². The van der Waals surface area contributed by atoms with Crippen LogP contribution < -0.4 is 22.6 Å². The Kier molecular flexibility index (Phi) is 3.73. The Bertz CT molecular complexity index is 686. The highest BCUT2D eigenvalue weighted by atomic mass is 19.1. The van der Waals surface area contributed by atoms with Crippen LogP contribution in [0.1, 0.15) is 5.56 Å². The fourth-order valence-electron chi connectivity index (χ4n) is 2.08. The minimum atomic E-state index is -0.516. The van der Waals surface area contributed by atoms with Crippen molar-refractivity contribution in [3.05, 3.63) is 46.1 Å². The molecule has 1 aromatic carbocycles. The molecule has 1 aromatic heterocycles. The van der Waals surface area contributed by atoms with Gasteiger partial charge in [-0.2, -0.15) is 0 Å². The van der Waals surface area contributed by atoms with Crippen molar-refractivity contribution in [2.45, 2.75) is 6.61 Å². The smallest absolute Gasteiger partial charge is 0.273 e. The van der Waals surface area contributed by atoms with E-state index in [1.165, 1.54) is 29.0 Å². The number of nitrogens with one attached hydrogen (secondary N) is 1. The van der Waals surface area contributed by atoms with Gasteiger partial charge in [-0.25, -0.2) is 4.39 Å². The zero-order valence-electron chi connectivity index (χ0n) is 10.9. The lowest BCUT2D eigenvalue weighted by Gasteiger charge is -2.14. The summed E-state index contributed by atoms with van der Waals surface area (Å²) >= 11 is 0. The van der Waals surface area contributed by atoms with E-state index < -0.39 is 5.82 Å². The molecular weight excluding hydrogens is 263 g/mol. The third kappa shape index (κ3) is 2.36. The number of rotatable bonds is 3. The van der Waals surface area contributed by atoms with Gasteiger partial charge in [-0.15, -0.1) is 0 Å². The molecule has 7 heteroatoms. The second kappa shape index (κ2) is 5.32. The van der Waals surface area contributed by atoms with Crippen molar-refractivity contribution in [1.29, 1.82) is 0 Å². The summed E-state index contributed by atoms with van der Waals surface area (Å²) in [4.78, 5) is 11.6. The van der Waals surface area contributed by atoms with Crippen LogP contribution in [-0.4, -0.2) is 9.67 Å². The number of nitrogen functional groups attached to an aromatic ring is 2. The molecule has 20 heavy (non-hydrogen) atoms. The normalized spacial score (nSPS) is 10.6. The van der Waals surface area contributed by atoms with Gasteiger partial charge in [-0.1, -0.05) is 0 Å². The van der Waals surface area contributed by atoms with Gasteiger partial charge in [-0.3, -0.25) is 10.6 Å². The Morgan fingerprint density at radius 1 is 1.40 bits per heavy atom. The van der Waals surface area contributed by atoms with E-state index in [-0.39, 0.29) is 23.5 Å². The van der Waals surface area contributed by atoms with Crippen molar-refractivity contribution in [3.8, 4) is 11.1 Å². The second-order valence-corrected chi connectivity index (χ2v) is 4.38. The first-order chi connectivity index (χ1) is 9.47. The maximum atomic E-state index is 13.6. The molecule has 0 saturated heterocycles. The van der Waals surface area contributed by atoms with E-state index in [2.05, 4.69) is 5.43 Å². The zero-order chi connectivity index (χ0) is 14.9. The van der Waals surface area contributed by atoms with E-state index in [0.717, 1.165) is 0 Å². The lowest BCUT2D eigenvalue weighted by Crippen LogP contribution is -2.19. The number of aliphatic hydroxyl groups is 1. The molecule has 0 aliphatic heterocycles. The van der Waals surface area contributed by atoms with E-state index in [9.17, 15) is 14.3 Å². The molecule has 0 fully saturated rings. The molecule has 0 bridgehead atoms. The van der Waals surface area contributed by atoms with Crippen LogP contribution in [0.25, 0.3) is 11.1 Å². The van der Waals surface area contributed by atoms with Crippen molar-refractivity contribution < 1.29 is 9.50 Å². The van der Waals surface area contributed by atoms with E-state index >= 15 is 0 Å². The third-order valence-corrected chi connectivity index (χ3v) is 3.05. The summed E-state index contributed by atoms with van der Waals surface area (Å²) in [5.41, 5.74) is 9.30. The number of pyridine rings is 1. The summed E-state index contributed by atoms with van der Waals surface area (Å²) in [5.74, 6) is 4.80. The quantitative estimate of drug-likeness (QED) is 0.484. The fourth-order valence-corrected chi connectivity index (χ4v) is 2.08. The summed E-state index contributed by atoms with van der Waals surface area (Å²) in [6.45, 7) is -0.335. The summed E-state index contributed by atoms with van der Waals surface area (Å²) in [6, 6.07) is 3.88. The molecule has 0 atom stereocenters. The predicted octanol–water partition coefficient (Wildman–Crippen LogP) is 0.552. The number of aryl methyl sites for hydroxylation is 1. The van der Waals surface area contributed by atoms with Crippen molar-refractivity contribution in [2.24, 2.45) is 12.9 Å². The summed E-state index contributed by atoms with van der Waals surface area (Å²) < 4.78 is 14.9. The van der Waals surface area contributed by atoms with Gasteiger partial charge in [0.25, 0.3) is 5.56 Å². The number of hydrazine groups is 1. The SMILES string of the molecule is Cn1cc(-c2cc(F)cc(NN)c2CO)cc(N)c1=O. The summed E-state index contributed by atoms with van der Waals surface area (Å²) in [7, 11) is 1.54. The first kappa shape index (κ1) is 14.0. The Balaban J connectivity index is 2.75. The average Bonchev–Trinajstić information content (AvgIpc) is 2.43. The molecule has 0 radical (unpaired) electrons. The van der Waals surface area contributed by atoms with Crippen molar-refractivity contribution in [1.82, 2.24) is 4.57 Å². The maximum absolute atomic E-state index is 13.6. The molecule has 0 aliphatic rings. The standard InChI is InChI=1S/C13H15FN4O2/c1-18-5-7(2-11(15)13(18)20)9-3-8(14)4-12(17-16)10(9)6-19/h2-5,17,19H,6,15-16H2,1H3. The summed E-state index contributed by atoms with van der Waals surface area (Å²) in [6.07, 6.45) is 1.52. The minimum absolute atomic E-state index is 0.0420. The monoisotopic (exact) mass is 278 g/mol. The van der Waals surface area contributed by atoms with Gasteiger partial charge in [0.05, 0.1) is 18.0 Å². The number of hydrogen-bond donors (Lipinski definition) is 4. The molecular formula is C13H15FN4O2. The number of halogens is 1. The van der Waals surface area contributed by atoms with Gasteiger partial charge in [-0.05, 0) is 23.8 Å². The number of aliphatic hydroxyl groups excluding tert-OH is 1. The first-order valence-electron chi connectivity index (χ1n) is 5.84. The predicted molar refractivity (Wildman–Crippen MR) is 75.2 cm³/mol. The minimum Gasteiger partial charge on any atom is -0.394 e. The fraction of sp³-hybridized carbons (Fsp3) is 0.154. The van der Waals surface area contributed by atoms with Gasteiger partial charge in [0.15, 0.2) is 0 Å². The topological polar surface area (TPSA) is 106 Å². The highest BCUT2D eigenvalue weighted by Crippen LogP contribution is 2.30. The van der Waals surface area contributed by atoms with Gasteiger partial charge in [0.1, 0.15) is 5.82 Å². The highest BCUT2D eigenvalue weighted by Gasteiger charge is 2.13. The van der Waals surface area contributed by atoms with Crippen LogP contribution in [0.2, 0.25) is 0 Å². The Morgan fingerprint density at radius 2 is 2.10 bits per heavy atom. The van der Waals surface area contributed by atoms with Crippen molar-refractivity contribution >= 4 is 11.4 Å². The lowest BCUT2D eigenvalue weighted by molar-refractivity contribution is 0.283. The Hall–Kier alpha value is -2.38. The average molecular weight is 278 g/mol. The molecule has 1 heterocycles. The molecule has 2 rings (SSSR count). The lowest BCUT2D eigenvalue weighted by atomic mass is 9.99. The first-order valence-corrected chi connectivity index (χ1v) is 5.84. The number of aromatic nitrogens is 1. The molecule has 6 N–H and O–H groups in total. The molecule has 0 unspecified atom stereocenters. The molecule has 0 saturated carbocycles. The molecule has 0 spiro atoms. The second-order valence-electron chi connectivity index (χ2n) is 4.38. The van der Waals surface area contributed by atoms with Crippen LogP contribution in [0.4, 0.5) is 15.8 Å². The third-order valence-electron chi connectivity index (χ3n) is 3.05. The van der Waals surface area contributed by atoms with Crippen LogP contribution in [0, 0.1) is 5.82 Å². The van der Waals surface area contributed by atoms with Crippen LogP contribution in [0.5, 0.6) is 0 Å². The van der Waals surface area contributed by atoms with E-state index in [1.807, 2.05) is 0 Å². The van der Waals surface area contributed by atoms with Crippen LogP contribution in [-0.2, 0) is 13.7 Å². The number of nitrogens with two attached hydrogens (primary N) is 2. The van der Waals surface area contributed by atoms with Gasteiger partial charge in [0, 0.05) is 24.4 Å². The number of anilines is 2. The Labute approximate surface area is 114 Å².